The standard InChI is InChI=1S/C16H21N3O/c1-16(2,3)20-15-13(17)9-10-14(19-15)18-11-12-7-5-4-6-8-12/h4-10H,11,17H2,1-3H3,(H,18,19). The lowest BCUT2D eigenvalue weighted by molar-refractivity contribution is 0.125. The van der Waals surface area contributed by atoms with Crippen LogP contribution in [0.4, 0.5) is 11.5 Å². The van der Waals surface area contributed by atoms with Crippen LogP contribution in [-0.4, -0.2) is 10.6 Å². The Balaban J connectivity index is 2.07. The van der Waals surface area contributed by atoms with Crippen LogP contribution in [0.5, 0.6) is 5.88 Å². The number of nitrogen functional groups attached to an aromatic ring is 1. The second-order valence-electron chi connectivity index (χ2n) is 5.64. The van der Waals surface area contributed by atoms with Gasteiger partial charge >= 0.3 is 0 Å². The maximum Gasteiger partial charge on any atom is 0.239 e. The second-order valence-corrected chi connectivity index (χ2v) is 5.64. The van der Waals surface area contributed by atoms with Gasteiger partial charge in [-0.3, -0.25) is 0 Å². The summed E-state index contributed by atoms with van der Waals surface area (Å²) in [6, 6.07) is 13.8. The van der Waals surface area contributed by atoms with Gasteiger partial charge in [-0.1, -0.05) is 30.3 Å². The number of hydrogen-bond donors (Lipinski definition) is 2. The number of nitrogens with zero attached hydrogens (tertiary/aromatic N) is 1. The summed E-state index contributed by atoms with van der Waals surface area (Å²) in [6.45, 7) is 6.63. The van der Waals surface area contributed by atoms with Crippen molar-refractivity contribution in [3.05, 3.63) is 48.0 Å². The van der Waals surface area contributed by atoms with Crippen molar-refractivity contribution in [2.75, 3.05) is 11.1 Å². The Morgan fingerprint density at radius 3 is 2.45 bits per heavy atom. The number of rotatable bonds is 4. The van der Waals surface area contributed by atoms with Crippen LogP contribution in [0, 0.1) is 0 Å². The highest BCUT2D eigenvalue weighted by Crippen LogP contribution is 2.25. The maximum absolute atomic E-state index is 5.89. The summed E-state index contributed by atoms with van der Waals surface area (Å²) in [4.78, 5) is 4.41. The first kappa shape index (κ1) is 14.2. The van der Waals surface area contributed by atoms with E-state index in [4.69, 9.17) is 10.5 Å². The first-order valence-electron chi connectivity index (χ1n) is 6.67. The lowest BCUT2D eigenvalue weighted by atomic mass is 10.2. The molecule has 1 heterocycles. The Morgan fingerprint density at radius 2 is 1.80 bits per heavy atom. The van der Waals surface area contributed by atoms with Gasteiger partial charge in [-0.15, -0.1) is 0 Å². The van der Waals surface area contributed by atoms with Crippen LogP contribution in [0.2, 0.25) is 0 Å². The minimum atomic E-state index is -0.320. The van der Waals surface area contributed by atoms with Crippen molar-refractivity contribution in [3.8, 4) is 5.88 Å². The number of aromatic nitrogens is 1. The average molecular weight is 271 g/mol. The van der Waals surface area contributed by atoms with Crippen molar-refractivity contribution in [1.29, 1.82) is 0 Å². The van der Waals surface area contributed by atoms with E-state index in [9.17, 15) is 0 Å². The fourth-order valence-electron chi connectivity index (χ4n) is 1.71. The number of nitrogens with two attached hydrogens (primary N) is 1. The van der Waals surface area contributed by atoms with Gasteiger partial charge in [-0.2, -0.15) is 4.98 Å². The molecule has 0 aliphatic carbocycles. The van der Waals surface area contributed by atoms with Crippen LogP contribution in [-0.2, 0) is 6.54 Å². The largest absolute Gasteiger partial charge is 0.470 e. The van der Waals surface area contributed by atoms with Crippen LogP contribution in [0.15, 0.2) is 42.5 Å². The summed E-state index contributed by atoms with van der Waals surface area (Å²) in [5.74, 6) is 1.22. The minimum absolute atomic E-state index is 0.320. The van der Waals surface area contributed by atoms with Crippen LogP contribution >= 0.6 is 0 Å². The predicted octanol–water partition coefficient (Wildman–Crippen LogP) is 3.45. The molecule has 106 valence electrons. The van der Waals surface area contributed by atoms with Gasteiger partial charge in [-0.05, 0) is 38.5 Å². The second kappa shape index (κ2) is 5.82. The zero-order valence-corrected chi connectivity index (χ0v) is 12.2. The van der Waals surface area contributed by atoms with Crippen molar-refractivity contribution in [1.82, 2.24) is 4.98 Å². The van der Waals surface area contributed by atoms with E-state index >= 15 is 0 Å². The summed E-state index contributed by atoms with van der Waals surface area (Å²) in [5.41, 5.74) is 7.31. The first-order valence-corrected chi connectivity index (χ1v) is 6.67. The first-order chi connectivity index (χ1) is 9.44. The zero-order valence-electron chi connectivity index (χ0n) is 12.2. The van der Waals surface area contributed by atoms with Gasteiger partial charge in [0.05, 0.1) is 5.69 Å². The highest BCUT2D eigenvalue weighted by molar-refractivity contribution is 5.53. The molecule has 20 heavy (non-hydrogen) atoms. The van der Waals surface area contributed by atoms with E-state index in [-0.39, 0.29) is 5.60 Å². The third kappa shape index (κ3) is 4.16. The fourth-order valence-corrected chi connectivity index (χ4v) is 1.71. The van der Waals surface area contributed by atoms with Gasteiger partial charge in [-0.25, -0.2) is 0 Å². The van der Waals surface area contributed by atoms with Crippen molar-refractivity contribution >= 4 is 11.5 Å². The van der Waals surface area contributed by atoms with E-state index in [0.717, 1.165) is 5.82 Å². The summed E-state index contributed by atoms with van der Waals surface area (Å²) >= 11 is 0. The van der Waals surface area contributed by atoms with Crippen molar-refractivity contribution < 1.29 is 4.74 Å². The van der Waals surface area contributed by atoms with Crippen LogP contribution in [0.1, 0.15) is 26.3 Å². The molecule has 0 bridgehead atoms. The molecule has 1 aromatic heterocycles. The smallest absolute Gasteiger partial charge is 0.239 e. The molecular formula is C16H21N3O. The van der Waals surface area contributed by atoms with E-state index in [1.807, 2.05) is 45.0 Å². The van der Waals surface area contributed by atoms with Gasteiger partial charge in [0.15, 0.2) is 0 Å². The van der Waals surface area contributed by atoms with E-state index in [2.05, 4.69) is 22.4 Å². The fraction of sp³-hybridized carbons (Fsp3) is 0.312. The third-order valence-corrected chi connectivity index (χ3v) is 2.61. The van der Waals surface area contributed by atoms with E-state index in [1.54, 1.807) is 6.07 Å². The van der Waals surface area contributed by atoms with Crippen molar-refractivity contribution in [3.63, 3.8) is 0 Å². The maximum atomic E-state index is 5.89. The average Bonchev–Trinajstić information content (AvgIpc) is 2.39. The van der Waals surface area contributed by atoms with Gasteiger partial charge in [0, 0.05) is 6.54 Å². The molecular weight excluding hydrogens is 250 g/mol. The molecule has 4 nitrogen and oxygen atoms in total. The summed E-state index contributed by atoms with van der Waals surface area (Å²) < 4.78 is 5.75. The van der Waals surface area contributed by atoms with E-state index in [0.29, 0.717) is 18.1 Å². The van der Waals surface area contributed by atoms with Gasteiger partial charge in [0.25, 0.3) is 0 Å². The molecule has 0 aliphatic rings. The molecule has 1 aromatic carbocycles. The Morgan fingerprint density at radius 1 is 1.10 bits per heavy atom. The van der Waals surface area contributed by atoms with E-state index in [1.165, 1.54) is 5.56 Å². The molecule has 2 rings (SSSR count). The molecule has 0 unspecified atom stereocenters. The Labute approximate surface area is 120 Å². The van der Waals surface area contributed by atoms with E-state index < -0.39 is 0 Å². The molecule has 0 radical (unpaired) electrons. The normalized spacial score (nSPS) is 11.2. The Hall–Kier alpha value is -2.23. The molecule has 0 saturated carbocycles. The number of hydrogen-bond acceptors (Lipinski definition) is 4. The molecule has 0 atom stereocenters. The number of benzene rings is 1. The Kier molecular flexibility index (Phi) is 4.13. The third-order valence-electron chi connectivity index (χ3n) is 2.61. The monoisotopic (exact) mass is 271 g/mol. The predicted molar refractivity (Wildman–Crippen MR) is 82.8 cm³/mol. The topological polar surface area (TPSA) is 60.2 Å². The molecule has 2 aromatic rings. The highest BCUT2D eigenvalue weighted by Gasteiger charge is 2.15. The summed E-state index contributed by atoms with van der Waals surface area (Å²) in [5, 5.41) is 3.27. The molecule has 0 aliphatic heterocycles. The minimum Gasteiger partial charge on any atom is -0.470 e. The highest BCUT2D eigenvalue weighted by atomic mass is 16.5. The van der Waals surface area contributed by atoms with Crippen LogP contribution in [0.25, 0.3) is 0 Å². The van der Waals surface area contributed by atoms with Crippen LogP contribution in [0.3, 0.4) is 0 Å². The van der Waals surface area contributed by atoms with Gasteiger partial charge in [0.1, 0.15) is 11.4 Å². The Bertz CT molecular complexity index is 562. The summed E-state index contributed by atoms with van der Waals surface area (Å²) in [7, 11) is 0. The SMILES string of the molecule is CC(C)(C)Oc1nc(NCc2ccccc2)ccc1N. The van der Waals surface area contributed by atoms with Crippen LogP contribution < -0.4 is 15.8 Å². The summed E-state index contributed by atoms with van der Waals surface area (Å²) in [6.07, 6.45) is 0. The lowest BCUT2D eigenvalue weighted by Gasteiger charge is -2.21. The molecule has 0 amide bonds. The zero-order chi connectivity index (χ0) is 14.6. The lowest BCUT2D eigenvalue weighted by Crippen LogP contribution is -2.24. The van der Waals surface area contributed by atoms with Gasteiger partial charge < -0.3 is 15.8 Å². The van der Waals surface area contributed by atoms with Gasteiger partial charge in [0.2, 0.25) is 5.88 Å². The molecule has 3 N–H and O–H groups in total. The number of nitrogens with one attached hydrogen (secondary N) is 1. The molecule has 0 fully saturated rings. The van der Waals surface area contributed by atoms with Crippen molar-refractivity contribution in [2.45, 2.75) is 32.9 Å². The number of ether oxygens (including phenoxy) is 1. The van der Waals surface area contributed by atoms with Crippen molar-refractivity contribution in [2.24, 2.45) is 0 Å². The molecule has 0 spiro atoms. The quantitative estimate of drug-likeness (QED) is 0.894. The number of pyridine rings is 1. The molecule has 4 heteroatoms. The molecule has 0 saturated heterocycles. The number of anilines is 2.